The number of amides is 2. The maximum absolute atomic E-state index is 10.3. The first kappa shape index (κ1) is 10.7. The molecular weight excluding hydrogens is 204 g/mol. The maximum atomic E-state index is 10.3. The Morgan fingerprint density at radius 2 is 2.21 bits per heavy atom. The van der Waals surface area contributed by atoms with Crippen molar-refractivity contribution in [1.82, 2.24) is 5.32 Å². The Morgan fingerprint density at radius 3 is 2.86 bits per heavy atom. The summed E-state index contributed by atoms with van der Waals surface area (Å²) >= 11 is 5.83. The fraction of sp³-hybridized carbons (Fsp3) is 0.222. The van der Waals surface area contributed by atoms with Gasteiger partial charge in [0, 0.05) is 0 Å². The van der Waals surface area contributed by atoms with Gasteiger partial charge in [0.2, 0.25) is 0 Å². The summed E-state index contributed by atoms with van der Waals surface area (Å²) in [6.45, 7) is 0.702. The van der Waals surface area contributed by atoms with E-state index in [1.807, 2.05) is 12.1 Å². The molecule has 76 valence electrons. The lowest BCUT2D eigenvalue weighted by Crippen LogP contribution is -2.32. The largest absolute Gasteiger partial charge is 0.490 e. The first-order valence-electron chi connectivity index (χ1n) is 4.11. The molecule has 0 atom stereocenters. The van der Waals surface area contributed by atoms with Crippen molar-refractivity contribution in [1.29, 1.82) is 0 Å². The fourth-order valence-electron chi connectivity index (χ4n) is 0.897. The number of nitrogens with one attached hydrogen (secondary N) is 1. The van der Waals surface area contributed by atoms with Crippen LogP contribution in [0.4, 0.5) is 4.79 Å². The molecule has 4 nitrogen and oxygen atoms in total. The molecular formula is C9H11ClN2O2. The van der Waals surface area contributed by atoms with Crippen LogP contribution in [0.1, 0.15) is 0 Å². The van der Waals surface area contributed by atoms with Crippen LogP contribution < -0.4 is 15.8 Å². The van der Waals surface area contributed by atoms with E-state index in [-0.39, 0.29) is 0 Å². The number of para-hydroxylation sites is 1. The van der Waals surface area contributed by atoms with Crippen molar-refractivity contribution in [2.24, 2.45) is 5.73 Å². The van der Waals surface area contributed by atoms with Crippen molar-refractivity contribution in [3.05, 3.63) is 29.3 Å². The van der Waals surface area contributed by atoms with Crippen molar-refractivity contribution in [2.75, 3.05) is 13.2 Å². The summed E-state index contributed by atoms with van der Waals surface area (Å²) in [7, 11) is 0. The van der Waals surface area contributed by atoms with Crippen molar-refractivity contribution in [3.63, 3.8) is 0 Å². The van der Waals surface area contributed by atoms with Gasteiger partial charge in [-0.1, -0.05) is 23.7 Å². The van der Waals surface area contributed by atoms with Crippen molar-refractivity contribution >= 4 is 17.6 Å². The van der Waals surface area contributed by atoms with Crippen LogP contribution in [-0.2, 0) is 0 Å². The lowest BCUT2D eigenvalue weighted by Gasteiger charge is -2.07. The predicted molar refractivity (Wildman–Crippen MR) is 54.5 cm³/mol. The molecule has 0 spiro atoms. The molecule has 0 aromatic heterocycles. The zero-order valence-electron chi connectivity index (χ0n) is 7.50. The summed E-state index contributed by atoms with van der Waals surface area (Å²) in [4.78, 5) is 10.3. The molecule has 1 aromatic carbocycles. The molecule has 0 heterocycles. The van der Waals surface area contributed by atoms with Crippen LogP contribution in [0.25, 0.3) is 0 Å². The summed E-state index contributed by atoms with van der Waals surface area (Å²) < 4.78 is 5.28. The molecule has 0 fully saturated rings. The average molecular weight is 215 g/mol. The molecule has 0 bridgehead atoms. The predicted octanol–water partition coefficient (Wildman–Crippen LogP) is 1.39. The van der Waals surface area contributed by atoms with E-state index in [1.54, 1.807) is 12.1 Å². The van der Waals surface area contributed by atoms with E-state index in [9.17, 15) is 4.79 Å². The third-order valence-electron chi connectivity index (χ3n) is 1.50. The first-order chi connectivity index (χ1) is 6.70. The SMILES string of the molecule is NC(=O)NCCOc1ccccc1Cl. The summed E-state index contributed by atoms with van der Waals surface area (Å²) in [5, 5.41) is 2.95. The summed E-state index contributed by atoms with van der Waals surface area (Å²) in [6, 6.07) is 6.57. The quantitative estimate of drug-likeness (QED) is 0.744. The molecule has 1 rings (SSSR count). The molecule has 0 aliphatic rings. The van der Waals surface area contributed by atoms with Crippen LogP contribution >= 0.6 is 11.6 Å². The molecule has 14 heavy (non-hydrogen) atoms. The molecule has 1 aromatic rings. The topological polar surface area (TPSA) is 64.4 Å². The number of halogens is 1. The highest BCUT2D eigenvalue weighted by atomic mass is 35.5. The van der Waals surface area contributed by atoms with Gasteiger partial charge in [0.1, 0.15) is 12.4 Å². The van der Waals surface area contributed by atoms with Gasteiger partial charge in [-0.25, -0.2) is 4.79 Å². The number of hydrogen-bond donors (Lipinski definition) is 2. The van der Waals surface area contributed by atoms with Gasteiger partial charge in [0.15, 0.2) is 0 Å². The second kappa shape index (κ2) is 5.34. The Hall–Kier alpha value is -1.42. The van der Waals surface area contributed by atoms with E-state index in [1.165, 1.54) is 0 Å². The first-order valence-corrected chi connectivity index (χ1v) is 4.48. The average Bonchev–Trinajstić information content (AvgIpc) is 2.15. The van der Waals surface area contributed by atoms with Crippen LogP contribution in [0.3, 0.4) is 0 Å². The number of rotatable bonds is 4. The van der Waals surface area contributed by atoms with E-state index in [0.29, 0.717) is 23.9 Å². The smallest absolute Gasteiger partial charge is 0.312 e. The number of hydrogen-bond acceptors (Lipinski definition) is 2. The van der Waals surface area contributed by atoms with Gasteiger partial charge >= 0.3 is 6.03 Å². The number of nitrogens with two attached hydrogens (primary N) is 1. The molecule has 0 radical (unpaired) electrons. The summed E-state index contributed by atoms with van der Waals surface area (Å²) in [5.74, 6) is 0.598. The minimum Gasteiger partial charge on any atom is -0.490 e. The van der Waals surface area contributed by atoms with Crippen LogP contribution in [0.2, 0.25) is 5.02 Å². The number of urea groups is 1. The number of ether oxygens (including phenoxy) is 1. The molecule has 0 unspecified atom stereocenters. The Kier molecular flexibility index (Phi) is 4.07. The minimum absolute atomic E-state index is 0.340. The monoisotopic (exact) mass is 214 g/mol. The minimum atomic E-state index is -0.562. The summed E-state index contributed by atoms with van der Waals surface area (Å²) in [5.41, 5.74) is 4.87. The molecule has 0 saturated carbocycles. The van der Waals surface area contributed by atoms with Gasteiger partial charge in [-0.05, 0) is 12.1 Å². The van der Waals surface area contributed by atoms with Gasteiger partial charge in [0.25, 0.3) is 0 Å². The zero-order chi connectivity index (χ0) is 10.4. The van der Waals surface area contributed by atoms with Gasteiger partial charge in [-0.15, -0.1) is 0 Å². The van der Waals surface area contributed by atoms with Gasteiger partial charge in [-0.3, -0.25) is 0 Å². The van der Waals surface area contributed by atoms with Crippen molar-refractivity contribution in [2.45, 2.75) is 0 Å². The number of carbonyl (C=O) groups is 1. The fourth-order valence-corrected chi connectivity index (χ4v) is 1.09. The Labute approximate surface area is 87.0 Å². The third kappa shape index (κ3) is 3.53. The van der Waals surface area contributed by atoms with E-state index in [0.717, 1.165) is 0 Å². The van der Waals surface area contributed by atoms with Crippen molar-refractivity contribution < 1.29 is 9.53 Å². The molecule has 0 saturated heterocycles. The second-order valence-electron chi connectivity index (χ2n) is 2.57. The second-order valence-corrected chi connectivity index (χ2v) is 2.98. The molecule has 0 aliphatic carbocycles. The van der Waals surface area contributed by atoms with E-state index in [4.69, 9.17) is 22.1 Å². The van der Waals surface area contributed by atoms with Gasteiger partial charge in [-0.2, -0.15) is 0 Å². The molecule has 5 heteroatoms. The Morgan fingerprint density at radius 1 is 1.50 bits per heavy atom. The van der Waals surface area contributed by atoms with Crippen molar-refractivity contribution in [3.8, 4) is 5.75 Å². The standard InChI is InChI=1S/C9H11ClN2O2/c10-7-3-1-2-4-8(7)14-6-5-12-9(11)13/h1-4H,5-6H2,(H3,11,12,13). The third-order valence-corrected chi connectivity index (χ3v) is 1.81. The van der Waals surface area contributed by atoms with E-state index >= 15 is 0 Å². The van der Waals surface area contributed by atoms with Crippen LogP contribution in [0.5, 0.6) is 5.75 Å². The lowest BCUT2D eigenvalue weighted by molar-refractivity contribution is 0.244. The highest BCUT2D eigenvalue weighted by Gasteiger charge is 1.98. The van der Waals surface area contributed by atoms with Crippen LogP contribution in [-0.4, -0.2) is 19.2 Å². The zero-order valence-corrected chi connectivity index (χ0v) is 8.25. The maximum Gasteiger partial charge on any atom is 0.312 e. The normalized spacial score (nSPS) is 9.50. The Bertz CT molecular complexity index is 317. The lowest BCUT2D eigenvalue weighted by atomic mass is 10.3. The van der Waals surface area contributed by atoms with Crippen LogP contribution in [0.15, 0.2) is 24.3 Å². The molecule has 2 amide bonds. The Balaban J connectivity index is 2.31. The van der Waals surface area contributed by atoms with E-state index in [2.05, 4.69) is 5.32 Å². The van der Waals surface area contributed by atoms with E-state index < -0.39 is 6.03 Å². The highest BCUT2D eigenvalue weighted by molar-refractivity contribution is 6.32. The number of primary amides is 1. The molecule has 0 aliphatic heterocycles. The number of benzene rings is 1. The highest BCUT2D eigenvalue weighted by Crippen LogP contribution is 2.22. The van der Waals surface area contributed by atoms with Gasteiger partial charge < -0.3 is 15.8 Å². The summed E-state index contributed by atoms with van der Waals surface area (Å²) in [6.07, 6.45) is 0. The van der Waals surface area contributed by atoms with Crippen LogP contribution in [0, 0.1) is 0 Å². The number of carbonyl (C=O) groups excluding carboxylic acids is 1. The van der Waals surface area contributed by atoms with Gasteiger partial charge in [0.05, 0.1) is 11.6 Å². The molecule has 3 N–H and O–H groups in total.